The number of nitrogens with zero attached hydrogens (tertiary/aromatic N) is 1. The predicted molar refractivity (Wildman–Crippen MR) is 79.0 cm³/mol. The fourth-order valence-corrected chi connectivity index (χ4v) is 2.44. The molecular formula is C14H15N3O2S. The third-order valence-electron chi connectivity index (χ3n) is 2.77. The number of benzene rings is 1. The van der Waals surface area contributed by atoms with Gasteiger partial charge < -0.3 is 11.1 Å². The Kier molecular flexibility index (Phi) is 4.47. The molecular weight excluding hydrogens is 274 g/mol. The number of nitrogens with one attached hydrogen (secondary N) is 1. The molecule has 2 aromatic rings. The van der Waals surface area contributed by atoms with Crippen LogP contribution in [0.1, 0.15) is 28.0 Å². The van der Waals surface area contributed by atoms with Gasteiger partial charge in [0.15, 0.2) is 5.13 Å². The number of thiazole rings is 1. The fourth-order valence-electron chi connectivity index (χ4n) is 1.72. The molecule has 6 heteroatoms. The van der Waals surface area contributed by atoms with Gasteiger partial charge in [0.25, 0.3) is 0 Å². The van der Waals surface area contributed by atoms with Crippen molar-refractivity contribution in [2.75, 3.05) is 11.9 Å². The molecule has 1 heterocycles. The van der Waals surface area contributed by atoms with E-state index in [2.05, 4.69) is 10.3 Å². The highest BCUT2D eigenvalue weighted by Gasteiger charge is 2.14. The largest absolute Gasteiger partial charge is 0.370 e. The fraction of sp³-hybridized carbons (Fsp3) is 0.214. The third-order valence-corrected chi connectivity index (χ3v) is 3.57. The summed E-state index contributed by atoms with van der Waals surface area (Å²) in [5.74, 6) is -0.465. The number of carbonyl (C=O) groups excluding carboxylic acids is 2. The van der Waals surface area contributed by atoms with Gasteiger partial charge in [0.05, 0.1) is 0 Å². The maximum absolute atomic E-state index is 12.3. The summed E-state index contributed by atoms with van der Waals surface area (Å²) in [7, 11) is 0. The summed E-state index contributed by atoms with van der Waals surface area (Å²) in [6.07, 6.45) is 0.237. The van der Waals surface area contributed by atoms with Gasteiger partial charge in [-0.1, -0.05) is 24.3 Å². The van der Waals surface area contributed by atoms with Gasteiger partial charge in [-0.15, -0.1) is 11.3 Å². The van der Waals surface area contributed by atoms with Crippen molar-refractivity contribution in [1.82, 2.24) is 4.98 Å². The highest BCUT2D eigenvalue weighted by Crippen LogP contribution is 2.19. The number of amides is 1. The van der Waals surface area contributed by atoms with Crippen LogP contribution >= 0.6 is 11.3 Å². The van der Waals surface area contributed by atoms with E-state index in [0.29, 0.717) is 22.9 Å². The van der Waals surface area contributed by atoms with Crippen molar-refractivity contribution in [1.29, 1.82) is 0 Å². The molecule has 0 aliphatic carbocycles. The van der Waals surface area contributed by atoms with Crippen molar-refractivity contribution in [2.45, 2.75) is 13.3 Å². The molecule has 1 amide bonds. The van der Waals surface area contributed by atoms with E-state index in [1.54, 1.807) is 11.4 Å². The molecule has 0 saturated heterocycles. The van der Waals surface area contributed by atoms with Crippen LogP contribution in [0.15, 0.2) is 29.6 Å². The number of anilines is 1. The lowest BCUT2D eigenvalue weighted by Gasteiger charge is -2.02. The van der Waals surface area contributed by atoms with Crippen LogP contribution in [0.4, 0.5) is 5.13 Å². The van der Waals surface area contributed by atoms with Crippen LogP contribution in [-0.4, -0.2) is 23.2 Å². The zero-order chi connectivity index (χ0) is 14.5. The number of aromatic nitrogens is 1. The first-order valence-electron chi connectivity index (χ1n) is 6.16. The van der Waals surface area contributed by atoms with Crippen LogP contribution in [0.2, 0.25) is 0 Å². The summed E-state index contributed by atoms with van der Waals surface area (Å²) < 4.78 is 0. The molecule has 2 rings (SSSR count). The smallest absolute Gasteiger partial charge is 0.219 e. The number of carbonyl (C=O) groups is 2. The molecule has 0 fully saturated rings. The van der Waals surface area contributed by atoms with Gasteiger partial charge in [0.2, 0.25) is 11.7 Å². The second-order valence-corrected chi connectivity index (χ2v) is 5.18. The quantitative estimate of drug-likeness (QED) is 0.796. The van der Waals surface area contributed by atoms with Crippen LogP contribution in [0, 0.1) is 6.92 Å². The molecule has 3 N–H and O–H groups in total. The lowest BCUT2D eigenvalue weighted by atomic mass is 10.0. The SMILES string of the molecule is Cc1ccccc1C(=O)c1csc(NCCC(N)=O)n1. The van der Waals surface area contributed by atoms with Crippen LogP contribution in [0.5, 0.6) is 0 Å². The predicted octanol–water partition coefficient (Wildman–Crippen LogP) is 1.97. The molecule has 1 aromatic heterocycles. The van der Waals surface area contributed by atoms with Gasteiger partial charge in [-0.25, -0.2) is 4.98 Å². The average molecular weight is 289 g/mol. The van der Waals surface area contributed by atoms with Crippen LogP contribution in [0.25, 0.3) is 0 Å². The Bertz CT molecular complexity index is 637. The highest BCUT2D eigenvalue weighted by atomic mass is 32.1. The van der Waals surface area contributed by atoms with Gasteiger partial charge in [0.1, 0.15) is 5.69 Å². The maximum Gasteiger partial charge on any atom is 0.219 e. The van der Waals surface area contributed by atoms with Gasteiger partial charge >= 0.3 is 0 Å². The van der Waals surface area contributed by atoms with Crippen LogP contribution in [-0.2, 0) is 4.79 Å². The molecule has 0 unspecified atom stereocenters. The topological polar surface area (TPSA) is 85.1 Å². The normalized spacial score (nSPS) is 10.2. The Morgan fingerprint density at radius 2 is 2.10 bits per heavy atom. The summed E-state index contributed by atoms with van der Waals surface area (Å²) in [6, 6.07) is 7.41. The molecule has 104 valence electrons. The number of nitrogens with two attached hydrogens (primary N) is 1. The lowest BCUT2D eigenvalue weighted by molar-refractivity contribution is -0.117. The van der Waals surface area contributed by atoms with E-state index in [1.807, 2.05) is 25.1 Å². The minimum absolute atomic E-state index is 0.0951. The lowest BCUT2D eigenvalue weighted by Crippen LogP contribution is -2.15. The number of primary amides is 1. The number of hydrogen-bond donors (Lipinski definition) is 2. The molecule has 20 heavy (non-hydrogen) atoms. The summed E-state index contributed by atoms with van der Waals surface area (Å²) in [5, 5.41) is 5.30. The van der Waals surface area contributed by atoms with E-state index < -0.39 is 0 Å². The Morgan fingerprint density at radius 3 is 2.80 bits per heavy atom. The zero-order valence-electron chi connectivity index (χ0n) is 11.1. The van der Waals surface area contributed by atoms with Crippen molar-refractivity contribution in [2.24, 2.45) is 5.73 Å². The van der Waals surface area contributed by atoms with E-state index in [1.165, 1.54) is 11.3 Å². The Labute approximate surface area is 120 Å². The Balaban J connectivity index is 2.07. The van der Waals surface area contributed by atoms with E-state index in [0.717, 1.165) is 5.56 Å². The number of hydrogen-bond acceptors (Lipinski definition) is 5. The summed E-state index contributed by atoms with van der Waals surface area (Å²) >= 11 is 1.33. The summed E-state index contributed by atoms with van der Waals surface area (Å²) in [6.45, 7) is 2.31. The molecule has 0 radical (unpaired) electrons. The Morgan fingerprint density at radius 1 is 1.35 bits per heavy atom. The standard InChI is InChI=1S/C14H15N3O2S/c1-9-4-2-3-5-10(9)13(19)11-8-20-14(17-11)16-7-6-12(15)18/h2-5,8H,6-7H2,1H3,(H2,15,18)(H,16,17). The van der Waals surface area contributed by atoms with Crippen LogP contribution in [0.3, 0.4) is 0 Å². The number of aryl methyl sites for hydroxylation is 1. The minimum Gasteiger partial charge on any atom is -0.370 e. The molecule has 0 atom stereocenters. The van der Waals surface area contributed by atoms with Gasteiger partial charge in [0, 0.05) is 23.9 Å². The van der Waals surface area contributed by atoms with E-state index in [4.69, 9.17) is 5.73 Å². The third kappa shape index (κ3) is 3.42. The van der Waals surface area contributed by atoms with Crippen molar-refractivity contribution in [3.63, 3.8) is 0 Å². The van der Waals surface area contributed by atoms with Gasteiger partial charge in [-0.2, -0.15) is 0 Å². The first-order chi connectivity index (χ1) is 9.58. The first kappa shape index (κ1) is 14.2. The van der Waals surface area contributed by atoms with E-state index in [9.17, 15) is 9.59 Å². The molecule has 5 nitrogen and oxygen atoms in total. The number of rotatable bonds is 6. The number of ketones is 1. The zero-order valence-corrected chi connectivity index (χ0v) is 11.9. The maximum atomic E-state index is 12.3. The molecule has 0 bridgehead atoms. The molecule has 1 aromatic carbocycles. The average Bonchev–Trinajstić information content (AvgIpc) is 2.87. The monoisotopic (exact) mass is 289 g/mol. The van der Waals surface area contributed by atoms with E-state index in [-0.39, 0.29) is 18.1 Å². The molecule has 0 saturated carbocycles. The van der Waals surface area contributed by atoms with Crippen molar-refractivity contribution in [3.05, 3.63) is 46.5 Å². The van der Waals surface area contributed by atoms with Crippen molar-refractivity contribution < 1.29 is 9.59 Å². The molecule has 0 aliphatic rings. The Hall–Kier alpha value is -2.21. The van der Waals surface area contributed by atoms with Gasteiger partial charge in [-0.05, 0) is 12.5 Å². The molecule has 0 aliphatic heterocycles. The second-order valence-electron chi connectivity index (χ2n) is 4.33. The molecule has 0 spiro atoms. The van der Waals surface area contributed by atoms with E-state index >= 15 is 0 Å². The van der Waals surface area contributed by atoms with Crippen molar-refractivity contribution >= 4 is 28.2 Å². The van der Waals surface area contributed by atoms with Gasteiger partial charge in [-0.3, -0.25) is 9.59 Å². The van der Waals surface area contributed by atoms with Crippen LogP contribution < -0.4 is 11.1 Å². The second kappa shape index (κ2) is 6.29. The first-order valence-corrected chi connectivity index (χ1v) is 7.04. The summed E-state index contributed by atoms with van der Waals surface area (Å²) in [5.41, 5.74) is 7.04. The summed E-state index contributed by atoms with van der Waals surface area (Å²) in [4.78, 5) is 27.2. The highest BCUT2D eigenvalue weighted by molar-refractivity contribution is 7.13. The van der Waals surface area contributed by atoms with Crippen molar-refractivity contribution in [3.8, 4) is 0 Å². The minimum atomic E-state index is -0.370.